The summed E-state index contributed by atoms with van der Waals surface area (Å²) in [7, 11) is 1.59. The Morgan fingerprint density at radius 2 is 2.15 bits per heavy atom. The Hall–Kier alpha value is -0.610. The van der Waals surface area contributed by atoms with E-state index in [1.54, 1.807) is 7.11 Å². The molecule has 1 aliphatic heterocycles. The molecule has 4 nitrogen and oxygen atoms in total. The van der Waals surface area contributed by atoms with Crippen molar-refractivity contribution in [3.8, 4) is 0 Å². The van der Waals surface area contributed by atoms with Gasteiger partial charge in [-0.2, -0.15) is 0 Å². The summed E-state index contributed by atoms with van der Waals surface area (Å²) in [5, 5.41) is 8.95. The van der Waals surface area contributed by atoms with Gasteiger partial charge in [-0.05, 0) is 12.8 Å². The molecule has 1 heterocycles. The molecule has 0 unspecified atom stereocenters. The van der Waals surface area contributed by atoms with E-state index in [1.165, 1.54) is 0 Å². The molecule has 4 heteroatoms. The first-order chi connectivity index (χ1) is 6.22. The van der Waals surface area contributed by atoms with E-state index in [2.05, 4.69) is 0 Å². The summed E-state index contributed by atoms with van der Waals surface area (Å²) >= 11 is 0. The van der Waals surface area contributed by atoms with Gasteiger partial charge >= 0.3 is 5.97 Å². The number of carbonyl (C=O) groups is 1. The zero-order valence-electron chi connectivity index (χ0n) is 7.66. The molecular weight excluding hydrogens is 172 g/mol. The topological polar surface area (TPSA) is 55.8 Å². The average Bonchev–Trinajstić information content (AvgIpc) is 2.74. The lowest BCUT2D eigenvalue weighted by Gasteiger charge is -2.22. The summed E-state index contributed by atoms with van der Waals surface area (Å²) in [6, 6.07) is 0. The van der Waals surface area contributed by atoms with Crippen molar-refractivity contribution in [2.24, 2.45) is 11.3 Å². The van der Waals surface area contributed by atoms with Crippen molar-refractivity contribution in [3.63, 3.8) is 0 Å². The van der Waals surface area contributed by atoms with E-state index in [-0.39, 0.29) is 17.4 Å². The Morgan fingerprint density at radius 3 is 2.54 bits per heavy atom. The SMILES string of the molecule is CO[C@H]1[C@@H](C(=O)O)C12CCOCC2. The first-order valence-corrected chi connectivity index (χ1v) is 4.56. The minimum absolute atomic E-state index is 0.0890. The van der Waals surface area contributed by atoms with E-state index in [0.29, 0.717) is 13.2 Å². The number of aliphatic carboxylic acids is 1. The van der Waals surface area contributed by atoms with Gasteiger partial charge in [-0.15, -0.1) is 0 Å². The van der Waals surface area contributed by atoms with Crippen LogP contribution in [0, 0.1) is 11.3 Å². The molecule has 1 saturated carbocycles. The van der Waals surface area contributed by atoms with Gasteiger partial charge in [0.2, 0.25) is 0 Å². The van der Waals surface area contributed by atoms with Crippen molar-refractivity contribution in [1.82, 2.24) is 0 Å². The van der Waals surface area contributed by atoms with Crippen LogP contribution in [0.3, 0.4) is 0 Å². The highest BCUT2D eigenvalue weighted by Crippen LogP contribution is 2.60. The van der Waals surface area contributed by atoms with E-state index in [9.17, 15) is 4.79 Å². The van der Waals surface area contributed by atoms with Crippen molar-refractivity contribution in [3.05, 3.63) is 0 Å². The Labute approximate surface area is 76.8 Å². The predicted octanol–water partition coefficient (Wildman–Crippen LogP) is 0.513. The van der Waals surface area contributed by atoms with Gasteiger partial charge < -0.3 is 14.6 Å². The fourth-order valence-electron chi connectivity index (χ4n) is 2.55. The third-order valence-corrected chi connectivity index (χ3v) is 3.32. The number of hydrogen-bond acceptors (Lipinski definition) is 3. The maximum absolute atomic E-state index is 10.9. The molecule has 2 rings (SSSR count). The molecule has 0 aromatic rings. The van der Waals surface area contributed by atoms with Crippen LogP contribution in [0.1, 0.15) is 12.8 Å². The first kappa shape index (κ1) is 8.97. The van der Waals surface area contributed by atoms with Crippen molar-refractivity contribution < 1.29 is 19.4 Å². The number of carboxylic acid groups (broad SMARTS) is 1. The van der Waals surface area contributed by atoms with Gasteiger partial charge in [0.25, 0.3) is 0 Å². The molecule has 13 heavy (non-hydrogen) atoms. The standard InChI is InChI=1S/C9H14O4/c1-12-7-6(8(10)11)9(7)2-4-13-5-3-9/h6-7H,2-5H2,1H3,(H,10,11)/t6-,7-/m0/s1. The quantitative estimate of drug-likeness (QED) is 0.682. The highest BCUT2D eigenvalue weighted by Gasteiger charge is 2.69. The fourth-order valence-corrected chi connectivity index (χ4v) is 2.55. The van der Waals surface area contributed by atoms with Crippen LogP contribution in [-0.4, -0.2) is 37.5 Å². The normalized spacial score (nSPS) is 36.1. The van der Waals surface area contributed by atoms with Crippen molar-refractivity contribution >= 4 is 5.97 Å². The van der Waals surface area contributed by atoms with Crippen LogP contribution in [0.5, 0.6) is 0 Å². The zero-order valence-corrected chi connectivity index (χ0v) is 7.66. The second kappa shape index (κ2) is 2.96. The van der Waals surface area contributed by atoms with Gasteiger partial charge in [0.15, 0.2) is 0 Å². The summed E-state index contributed by atoms with van der Waals surface area (Å²) in [4.78, 5) is 10.9. The number of methoxy groups -OCH3 is 1. The summed E-state index contributed by atoms with van der Waals surface area (Å²) in [5.74, 6) is -1.03. The third kappa shape index (κ3) is 1.16. The molecule has 1 N–H and O–H groups in total. The predicted molar refractivity (Wildman–Crippen MR) is 44.4 cm³/mol. The minimum atomic E-state index is -0.728. The van der Waals surface area contributed by atoms with Crippen molar-refractivity contribution in [2.75, 3.05) is 20.3 Å². The first-order valence-electron chi connectivity index (χ1n) is 4.56. The smallest absolute Gasteiger partial charge is 0.309 e. The molecule has 74 valence electrons. The second-order valence-corrected chi connectivity index (χ2v) is 3.82. The molecule has 0 aromatic heterocycles. The molecule has 2 atom stereocenters. The zero-order chi connectivity index (χ0) is 9.47. The average molecular weight is 186 g/mol. The van der Waals surface area contributed by atoms with Gasteiger partial charge in [0.1, 0.15) is 0 Å². The number of rotatable bonds is 2. The molecule has 0 bridgehead atoms. The van der Waals surface area contributed by atoms with Crippen LogP contribution in [0.15, 0.2) is 0 Å². The van der Waals surface area contributed by atoms with Crippen LogP contribution >= 0.6 is 0 Å². The molecule has 0 amide bonds. The van der Waals surface area contributed by atoms with E-state index in [4.69, 9.17) is 14.6 Å². The molecule has 1 spiro atoms. The van der Waals surface area contributed by atoms with E-state index < -0.39 is 5.97 Å². The van der Waals surface area contributed by atoms with Crippen LogP contribution in [-0.2, 0) is 14.3 Å². The van der Waals surface area contributed by atoms with Gasteiger partial charge in [-0.3, -0.25) is 4.79 Å². The summed E-state index contributed by atoms with van der Waals surface area (Å²) < 4.78 is 10.4. The Kier molecular flexibility index (Phi) is 2.04. The highest BCUT2D eigenvalue weighted by atomic mass is 16.5. The van der Waals surface area contributed by atoms with Crippen LogP contribution in [0.4, 0.5) is 0 Å². The van der Waals surface area contributed by atoms with Gasteiger partial charge in [-0.1, -0.05) is 0 Å². The Bertz CT molecular complexity index is 220. The largest absolute Gasteiger partial charge is 0.481 e. The molecule has 0 radical (unpaired) electrons. The lowest BCUT2D eigenvalue weighted by atomic mass is 9.93. The van der Waals surface area contributed by atoms with E-state index >= 15 is 0 Å². The van der Waals surface area contributed by atoms with Gasteiger partial charge in [-0.25, -0.2) is 0 Å². The summed E-state index contributed by atoms with van der Waals surface area (Å²) in [6.07, 6.45) is 1.55. The molecule has 1 saturated heterocycles. The molecule has 2 aliphatic rings. The van der Waals surface area contributed by atoms with Crippen molar-refractivity contribution in [1.29, 1.82) is 0 Å². The lowest BCUT2D eigenvalue weighted by molar-refractivity contribution is -0.140. The molecule has 2 fully saturated rings. The maximum atomic E-state index is 10.9. The number of ether oxygens (including phenoxy) is 2. The summed E-state index contributed by atoms with van der Waals surface area (Å²) in [6.45, 7) is 1.34. The Morgan fingerprint density at radius 1 is 1.54 bits per heavy atom. The van der Waals surface area contributed by atoms with Crippen LogP contribution < -0.4 is 0 Å². The second-order valence-electron chi connectivity index (χ2n) is 3.82. The number of hydrogen-bond donors (Lipinski definition) is 1. The van der Waals surface area contributed by atoms with Crippen LogP contribution in [0.2, 0.25) is 0 Å². The fraction of sp³-hybridized carbons (Fsp3) is 0.889. The lowest BCUT2D eigenvalue weighted by Crippen LogP contribution is -2.22. The van der Waals surface area contributed by atoms with E-state index in [0.717, 1.165) is 12.8 Å². The highest BCUT2D eigenvalue weighted by molar-refractivity contribution is 5.76. The van der Waals surface area contributed by atoms with Gasteiger partial charge in [0, 0.05) is 25.7 Å². The summed E-state index contributed by atoms with van der Waals surface area (Å²) in [5.41, 5.74) is -0.112. The molecular formula is C9H14O4. The molecule has 1 aliphatic carbocycles. The third-order valence-electron chi connectivity index (χ3n) is 3.32. The molecule has 0 aromatic carbocycles. The van der Waals surface area contributed by atoms with Crippen molar-refractivity contribution in [2.45, 2.75) is 18.9 Å². The maximum Gasteiger partial charge on any atom is 0.309 e. The minimum Gasteiger partial charge on any atom is -0.481 e. The van der Waals surface area contributed by atoms with Crippen LogP contribution in [0.25, 0.3) is 0 Å². The van der Waals surface area contributed by atoms with Gasteiger partial charge in [0.05, 0.1) is 12.0 Å². The Balaban J connectivity index is 2.10. The monoisotopic (exact) mass is 186 g/mol. The van der Waals surface area contributed by atoms with E-state index in [1.807, 2.05) is 0 Å². The number of carboxylic acids is 1.